The number of carbonyl (C=O) groups excluding carboxylic acids is 1. The molecule has 0 aliphatic heterocycles. The number of rotatable bonds is 7. The Morgan fingerprint density at radius 2 is 1.89 bits per heavy atom. The summed E-state index contributed by atoms with van der Waals surface area (Å²) in [5, 5.41) is 6.82. The molecule has 2 aromatic rings. The molecule has 2 N–H and O–H groups in total. The van der Waals surface area contributed by atoms with Crippen LogP contribution in [-0.2, 0) is 4.74 Å². The van der Waals surface area contributed by atoms with Crippen LogP contribution >= 0.6 is 12.2 Å². The van der Waals surface area contributed by atoms with Gasteiger partial charge in [-0.1, -0.05) is 24.3 Å². The highest BCUT2D eigenvalue weighted by molar-refractivity contribution is 7.80. The Labute approximate surface area is 166 Å². The highest BCUT2D eigenvalue weighted by atomic mass is 32.1. The van der Waals surface area contributed by atoms with Crippen molar-refractivity contribution in [2.75, 3.05) is 18.5 Å². The van der Waals surface area contributed by atoms with Gasteiger partial charge in [-0.15, -0.1) is 0 Å². The molecule has 0 spiro atoms. The van der Waals surface area contributed by atoms with E-state index in [0.29, 0.717) is 23.9 Å². The first-order valence-corrected chi connectivity index (χ1v) is 9.35. The summed E-state index contributed by atoms with van der Waals surface area (Å²) in [7, 11) is 0. The molecule has 0 aromatic heterocycles. The monoisotopic (exact) mass is 386 g/mol. The smallest absolute Gasteiger partial charge is 0.338 e. The number of esters is 1. The van der Waals surface area contributed by atoms with E-state index in [-0.39, 0.29) is 12.0 Å². The number of para-hydroxylation sites is 1. The first-order chi connectivity index (χ1) is 12.9. The molecule has 0 heterocycles. The number of aryl methyl sites for hydroxylation is 2. The maximum absolute atomic E-state index is 11.9. The van der Waals surface area contributed by atoms with Crippen molar-refractivity contribution in [2.45, 2.75) is 33.7 Å². The first kappa shape index (κ1) is 20.7. The Kier molecular flexibility index (Phi) is 7.61. The summed E-state index contributed by atoms with van der Waals surface area (Å²) in [6, 6.07) is 13.3. The molecule has 27 heavy (non-hydrogen) atoms. The van der Waals surface area contributed by atoms with Crippen molar-refractivity contribution in [1.29, 1.82) is 0 Å². The van der Waals surface area contributed by atoms with Crippen LogP contribution in [0.4, 0.5) is 5.69 Å². The molecule has 0 saturated carbocycles. The molecule has 2 aromatic carbocycles. The molecule has 0 aliphatic rings. The Balaban J connectivity index is 1.92. The first-order valence-electron chi connectivity index (χ1n) is 8.94. The third kappa shape index (κ3) is 6.25. The molecule has 144 valence electrons. The van der Waals surface area contributed by atoms with E-state index in [2.05, 4.69) is 10.6 Å². The quantitative estimate of drug-likeness (QED) is 0.548. The lowest BCUT2D eigenvalue weighted by Crippen LogP contribution is -2.39. The molecule has 1 atom stereocenters. The number of carbonyl (C=O) groups is 1. The molecule has 6 heteroatoms. The van der Waals surface area contributed by atoms with Gasteiger partial charge in [0.1, 0.15) is 12.4 Å². The largest absolute Gasteiger partial charge is 0.491 e. The maximum Gasteiger partial charge on any atom is 0.338 e. The van der Waals surface area contributed by atoms with Gasteiger partial charge in [0.25, 0.3) is 0 Å². The fraction of sp³-hybridized carbons (Fsp3) is 0.333. The number of thiocarbonyl (C=S) groups is 1. The van der Waals surface area contributed by atoms with Crippen molar-refractivity contribution < 1.29 is 14.3 Å². The van der Waals surface area contributed by atoms with Gasteiger partial charge >= 0.3 is 5.97 Å². The second-order valence-corrected chi connectivity index (χ2v) is 6.73. The summed E-state index contributed by atoms with van der Waals surface area (Å²) < 4.78 is 10.9. The molecule has 0 bridgehead atoms. The number of ether oxygens (including phenoxy) is 2. The van der Waals surface area contributed by atoms with E-state index in [4.69, 9.17) is 21.7 Å². The lowest BCUT2D eigenvalue weighted by atomic mass is 10.1. The Morgan fingerprint density at radius 3 is 2.59 bits per heavy atom. The minimum absolute atomic E-state index is 0.0122. The number of hydrogen-bond acceptors (Lipinski definition) is 4. The average Bonchev–Trinajstić information content (AvgIpc) is 2.63. The molecule has 5 nitrogen and oxygen atoms in total. The van der Waals surface area contributed by atoms with E-state index in [1.807, 2.05) is 51.1 Å². The Morgan fingerprint density at radius 1 is 1.15 bits per heavy atom. The van der Waals surface area contributed by atoms with E-state index in [1.54, 1.807) is 19.1 Å². The molecule has 0 aliphatic carbocycles. The van der Waals surface area contributed by atoms with Gasteiger partial charge in [0.05, 0.1) is 18.2 Å². The summed E-state index contributed by atoms with van der Waals surface area (Å²) in [5.74, 6) is 0.516. The molecule has 0 saturated heterocycles. The minimum Gasteiger partial charge on any atom is -0.491 e. The summed E-state index contributed by atoms with van der Waals surface area (Å²) in [6.45, 7) is 8.56. The van der Waals surface area contributed by atoms with Crippen molar-refractivity contribution >= 4 is 29.0 Å². The predicted octanol–water partition coefficient (Wildman–Crippen LogP) is 4.23. The van der Waals surface area contributed by atoms with E-state index < -0.39 is 0 Å². The van der Waals surface area contributed by atoms with Crippen LogP contribution in [0.3, 0.4) is 0 Å². The lowest BCUT2D eigenvalue weighted by Gasteiger charge is -2.19. The normalized spacial score (nSPS) is 11.4. The predicted molar refractivity (Wildman–Crippen MR) is 113 cm³/mol. The third-order valence-electron chi connectivity index (χ3n) is 3.96. The number of anilines is 1. The summed E-state index contributed by atoms with van der Waals surface area (Å²) >= 11 is 5.39. The van der Waals surface area contributed by atoms with Crippen LogP contribution < -0.4 is 15.4 Å². The fourth-order valence-corrected chi connectivity index (χ4v) is 2.77. The van der Waals surface area contributed by atoms with Crippen LogP contribution in [0.2, 0.25) is 0 Å². The Bertz CT molecular complexity index is 808. The van der Waals surface area contributed by atoms with Crippen molar-refractivity contribution in [1.82, 2.24) is 5.32 Å². The summed E-state index contributed by atoms with van der Waals surface area (Å²) in [4.78, 5) is 11.9. The van der Waals surface area contributed by atoms with Crippen LogP contribution in [0.5, 0.6) is 5.75 Å². The van der Waals surface area contributed by atoms with E-state index >= 15 is 0 Å². The Hall–Kier alpha value is -2.60. The van der Waals surface area contributed by atoms with Crippen molar-refractivity contribution in [3.63, 3.8) is 0 Å². The van der Waals surface area contributed by atoms with Gasteiger partial charge in [-0.05, 0) is 69.2 Å². The van der Waals surface area contributed by atoms with Crippen LogP contribution in [-0.4, -0.2) is 30.3 Å². The van der Waals surface area contributed by atoms with Crippen molar-refractivity contribution in [3.8, 4) is 5.75 Å². The topological polar surface area (TPSA) is 59.6 Å². The highest BCUT2D eigenvalue weighted by Gasteiger charge is 2.11. The van der Waals surface area contributed by atoms with E-state index in [1.165, 1.54) is 0 Å². The maximum atomic E-state index is 11.9. The van der Waals surface area contributed by atoms with Gasteiger partial charge in [0, 0.05) is 5.69 Å². The average molecular weight is 387 g/mol. The zero-order valence-corrected chi connectivity index (χ0v) is 17.0. The van der Waals surface area contributed by atoms with E-state index in [0.717, 1.165) is 22.6 Å². The molecular formula is C21H26N2O3S. The van der Waals surface area contributed by atoms with Gasteiger partial charge in [-0.25, -0.2) is 4.79 Å². The van der Waals surface area contributed by atoms with Gasteiger partial charge in [0.15, 0.2) is 5.11 Å². The SMILES string of the molecule is CCOC(=O)c1ccc(C)c(NC(=S)N[C@@H](C)COc2ccccc2C)c1. The lowest BCUT2D eigenvalue weighted by molar-refractivity contribution is 0.0526. The van der Waals surface area contributed by atoms with Gasteiger partial charge in [-0.3, -0.25) is 0 Å². The van der Waals surface area contributed by atoms with Crippen LogP contribution in [0.15, 0.2) is 42.5 Å². The second kappa shape index (κ2) is 9.92. The molecule has 0 fully saturated rings. The summed E-state index contributed by atoms with van der Waals surface area (Å²) in [5.41, 5.74) is 3.33. The molecular weight excluding hydrogens is 360 g/mol. The summed E-state index contributed by atoms with van der Waals surface area (Å²) in [6.07, 6.45) is 0. The zero-order chi connectivity index (χ0) is 19.8. The van der Waals surface area contributed by atoms with Crippen LogP contribution in [0, 0.1) is 13.8 Å². The number of nitrogens with one attached hydrogen (secondary N) is 2. The molecule has 0 unspecified atom stereocenters. The van der Waals surface area contributed by atoms with Crippen molar-refractivity contribution in [2.24, 2.45) is 0 Å². The minimum atomic E-state index is -0.348. The number of benzene rings is 2. The number of hydrogen-bond donors (Lipinski definition) is 2. The van der Waals surface area contributed by atoms with Crippen molar-refractivity contribution in [3.05, 3.63) is 59.2 Å². The third-order valence-corrected chi connectivity index (χ3v) is 4.18. The van der Waals surface area contributed by atoms with Gasteiger partial charge < -0.3 is 20.1 Å². The van der Waals surface area contributed by atoms with Crippen LogP contribution in [0.25, 0.3) is 0 Å². The van der Waals surface area contributed by atoms with Crippen LogP contribution in [0.1, 0.15) is 35.3 Å². The fourth-order valence-electron chi connectivity index (χ4n) is 2.46. The molecule has 0 radical (unpaired) electrons. The highest BCUT2D eigenvalue weighted by Crippen LogP contribution is 2.18. The standard InChI is InChI=1S/C21H26N2O3S/c1-5-25-20(24)17-11-10-14(2)18(12-17)23-21(27)22-16(4)13-26-19-9-7-6-8-15(19)3/h6-12,16H,5,13H2,1-4H3,(H2,22,23,27)/t16-/m0/s1. The van der Waals surface area contributed by atoms with E-state index in [9.17, 15) is 4.79 Å². The van der Waals surface area contributed by atoms with Gasteiger partial charge in [0.2, 0.25) is 0 Å². The second-order valence-electron chi connectivity index (χ2n) is 6.33. The zero-order valence-electron chi connectivity index (χ0n) is 16.2. The molecule has 2 rings (SSSR count). The molecule has 0 amide bonds. The van der Waals surface area contributed by atoms with Gasteiger partial charge in [-0.2, -0.15) is 0 Å².